The van der Waals surface area contributed by atoms with Crippen LogP contribution >= 0.6 is 0 Å². The summed E-state index contributed by atoms with van der Waals surface area (Å²) in [7, 11) is 2.81. The number of aliphatic hydroxyl groups is 3. The van der Waals surface area contributed by atoms with Crippen molar-refractivity contribution >= 4 is 5.97 Å². The first-order valence-corrected chi connectivity index (χ1v) is 8.87. The molecule has 1 aromatic heterocycles. The predicted octanol–water partition coefficient (Wildman–Crippen LogP) is -0.365. The van der Waals surface area contributed by atoms with Gasteiger partial charge in [0.2, 0.25) is 0 Å². The van der Waals surface area contributed by atoms with E-state index in [1.165, 1.54) is 14.2 Å². The number of nitrogens with two attached hydrogens (primary N) is 1. The fourth-order valence-corrected chi connectivity index (χ4v) is 1.79. The number of carbonyl (C=O) groups excluding carboxylic acids is 1. The molecule has 0 bridgehead atoms. The first kappa shape index (κ1) is 27.6. The van der Waals surface area contributed by atoms with Crippen molar-refractivity contribution in [3.05, 3.63) is 29.6 Å². The van der Waals surface area contributed by atoms with Crippen LogP contribution in [-0.4, -0.2) is 91.5 Å². The second-order valence-electron chi connectivity index (χ2n) is 5.07. The molecule has 0 fully saturated rings. The summed E-state index contributed by atoms with van der Waals surface area (Å²) in [5.41, 5.74) is 5.48. The Labute approximate surface area is 161 Å². The third kappa shape index (κ3) is 15.2. The van der Waals surface area contributed by atoms with Gasteiger partial charge in [0, 0.05) is 26.2 Å². The maximum Gasteiger partial charge on any atom is 0.356 e. The van der Waals surface area contributed by atoms with E-state index in [9.17, 15) is 4.79 Å². The predicted molar refractivity (Wildman–Crippen MR) is 103 cm³/mol. The number of hydrogen-bond donors (Lipinski definition) is 4. The van der Waals surface area contributed by atoms with E-state index in [4.69, 9.17) is 20.1 Å². The molecule has 1 heterocycles. The molecule has 0 saturated carbocycles. The second kappa shape index (κ2) is 20.7. The minimum absolute atomic E-state index is 0.0112. The van der Waals surface area contributed by atoms with Crippen LogP contribution in [0.2, 0.25) is 0 Å². The molecule has 0 aliphatic heterocycles. The van der Waals surface area contributed by atoms with E-state index < -0.39 is 5.97 Å². The van der Waals surface area contributed by atoms with Crippen molar-refractivity contribution in [2.75, 3.05) is 60.3 Å². The van der Waals surface area contributed by atoms with Gasteiger partial charge >= 0.3 is 5.97 Å². The van der Waals surface area contributed by atoms with Gasteiger partial charge in [-0.25, -0.2) is 9.78 Å². The monoisotopic (exact) mass is 389 g/mol. The van der Waals surface area contributed by atoms with Gasteiger partial charge in [-0.05, 0) is 25.6 Å². The number of aromatic nitrogens is 1. The zero-order chi connectivity index (χ0) is 20.9. The molecule has 27 heavy (non-hydrogen) atoms. The molecule has 158 valence electrons. The van der Waals surface area contributed by atoms with E-state index in [0.717, 1.165) is 6.42 Å². The van der Waals surface area contributed by atoms with Crippen LogP contribution in [0.4, 0.5) is 0 Å². The van der Waals surface area contributed by atoms with Gasteiger partial charge < -0.3 is 30.5 Å². The highest BCUT2D eigenvalue weighted by Gasteiger charge is 2.10. The lowest BCUT2D eigenvalue weighted by atomic mass is 10.3. The Balaban J connectivity index is 0. The molecule has 5 N–H and O–H groups in total. The maximum atomic E-state index is 11.4. The Bertz CT molecular complexity index is 460. The normalized spacial score (nSPS) is 9.78. The minimum Gasteiger partial charge on any atom is -0.464 e. The number of esters is 1. The van der Waals surface area contributed by atoms with E-state index in [1.54, 1.807) is 12.1 Å². The number of ether oxygens (including phenoxy) is 2. The average Bonchev–Trinajstić information content (AvgIpc) is 2.72. The molecule has 0 amide bonds. The van der Waals surface area contributed by atoms with Gasteiger partial charge in [-0.1, -0.05) is 13.0 Å². The molecule has 0 atom stereocenters. The van der Waals surface area contributed by atoms with Crippen molar-refractivity contribution in [2.45, 2.75) is 19.9 Å². The number of hydrogen-bond acceptors (Lipinski definition) is 9. The lowest BCUT2D eigenvalue weighted by Crippen LogP contribution is -2.30. The molecule has 1 aromatic rings. The third-order valence-corrected chi connectivity index (χ3v) is 3.01. The number of nitrogens with zero attached hydrogens (tertiary/aromatic N) is 2. The molecular weight excluding hydrogens is 354 g/mol. The quantitative estimate of drug-likeness (QED) is 0.295. The number of carbonyl (C=O) groups is 1. The first-order valence-electron chi connectivity index (χ1n) is 8.87. The number of aliphatic hydroxyl groups excluding tert-OH is 3. The van der Waals surface area contributed by atoms with E-state index in [2.05, 4.69) is 15.5 Å². The third-order valence-electron chi connectivity index (χ3n) is 3.01. The average molecular weight is 389 g/mol. The van der Waals surface area contributed by atoms with Gasteiger partial charge in [0.25, 0.3) is 0 Å². The highest BCUT2D eigenvalue weighted by Crippen LogP contribution is 2.05. The Kier molecular flexibility index (Phi) is 21.1. The molecule has 0 aliphatic carbocycles. The SMILES string of the molecule is CCCO.CN.COC(=O)c1cccc(CN(CCO)CCOCCO)n1. The maximum absolute atomic E-state index is 11.4. The lowest BCUT2D eigenvalue weighted by Gasteiger charge is -2.20. The molecular formula is C18H35N3O6. The van der Waals surface area contributed by atoms with Gasteiger partial charge in [0.1, 0.15) is 5.69 Å². The van der Waals surface area contributed by atoms with E-state index in [0.29, 0.717) is 45.1 Å². The van der Waals surface area contributed by atoms with Crippen LogP contribution in [0.25, 0.3) is 0 Å². The summed E-state index contributed by atoms with van der Waals surface area (Å²) < 4.78 is 9.85. The number of rotatable bonds is 11. The fraction of sp³-hybridized carbons (Fsp3) is 0.667. The van der Waals surface area contributed by atoms with Crippen molar-refractivity contribution < 1.29 is 29.6 Å². The summed E-state index contributed by atoms with van der Waals surface area (Å²) in [6.07, 6.45) is 0.875. The van der Waals surface area contributed by atoms with Gasteiger partial charge in [0.15, 0.2) is 0 Å². The topological polar surface area (TPSA) is 138 Å². The lowest BCUT2D eigenvalue weighted by molar-refractivity contribution is 0.0591. The fourth-order valence-electron chi connectivity index (χ4n) is 1.79. The summed E-state index contributed by atoms with van der Waals surface area (Å²) in [4.78, 5) is 17.6. The van der Waals surface area contributed by atoms with Gasteiger partial charge in [0.05, 0.1) is 39.2 Å². The first-order chi connectivity index (χ1) is 13.1. The van der Waals surface area contributed by atoms with Gasteiger partial charge in [-0.2, -0.15) is 0 Å². The highest BCUT2D eigenvalue weighted by atomic mass is 16.5. The summed E-state index contributed by atoms with van der Waals surface area (Å²) in [6, 6.07) is 5.15. The van der Waals surface area contributed by atoms with Gasteiger partial charge in [-0.15, -0.1) is 0 Å². The summed E-state index contributed by atoms with van der Waals surface area (Å²) in [5, 5.41) is 25.6. The molecule has 9 heteroatoms. The van der Waals surface area contributed by atoms with Crippen molar-refractivity contribution in [3.8, 4) is 0 Å². The standard InChI is InChI=1S/C14H22N2O5.C3H8O.CH5N/c1-20-14(19)13-4-2-3-12(15-13)11-16(5-7-17)6-9-21-10-8-18;1-2-3-4;1-2/h2-4,17-18H,5-11H2,1H3;4H,2-3H2,1H3;2H2,1H3. The highest BCUT2D eigenvalue weighted by molar-refractivity contribution is 5.87. The van der Waals surface area contributed by atoms with Crippen molar-refractivity contribution in [1.82, 2.24) is 9.88 Å². The Morgan fingerprint density at radius 2 is 1.78 bits per heavy atom. The van der Waals surface area contributed by atoms with Crippen LogP contribution in [0.3, 0.4) is 0 Å². The molecule has 0 saturated heterocycles. The summed E-state index contributed by atoms with van der Waals surface area (Å²) in [5.74, 6) is -0.475. The largest absolute Gasteiger partial charge is 0.464 e. The molecule has 0 aromatic carbocycles. The second-order valence-corrected chi connectivity index (χ2v) is 5.07. The van der Waals surface area contributed by atoms with Crippen LogP contribution < -0.4 is 5.73 Å². The minimum atomic E-state index is -0.475. The molecule has 9 nitrogen and oxygen atoms in total. The summed E-state index contributed by atoms with van der Waals surface area (Å²) in [6.45, 7) is 4.59. The van der Waals surface area contributed by atoms with Crippen LogP contribution in [0, 0.1) is 0 Å². The summed E-state index contributed by atoms with van der Waals surface area (Å²) >= 11 is 0. The van der Waals surface area contributed by atoms with E-state index in [1.807, 2.05) is 17.9 Å². The molecule has 0 unspecified atom stereocenters. The van der Waals surface area contributed by atoms with E-state index >= 15 is 0 Å². The van der Waals surface area contributed by atoms with Crippen molar-refractivity contribution in [2.24, 2.45) is 5.73 Å². The molecule has 0 spiro atoms. The number of methoxy groups -OCH3 is 1. The Morgan fingerprint density at radius 3 is 2.30 bits per heavy atom. The van der Waals surface area contributed by atoms with Crippen molar-refractivity contribution in [3.63, 3.8) is 0 Å². The Morgan fingerprint density at radius 1 is 1.11 bits per heavy atom. The zero-order valence-corrected chi connectivity index (χ0v) is 16.6. The van der Waals surface area contributed by atoms with Gasteiger partial charge in [-0.3, -0.25) is 4.90 Å². The number of pyridine rings is 1. The van der Waals surface area contributed by atoms with Crippen LogP contribution in [0.1, 0.15) is 29.5 Å². The molecule has 0 radical (unpaired) electrons. The van der Waals surface area contributed by atoms with E-state index in [-0.39, 0.29) is 18.9 Å². The Hall–Kier alpha value is -1.62. The molecule has 1 rings (SSSR count). The smallest absolute Gasteiger partial charge is 0.356 e. The van der Waals surface area contributed by atoms with Crippen LogP contribution in [-0.2, 0) is 16.0 Å². The zero-order valence-electron chi connectivity index (χ0n) is 16.6. The van der Waals surface area contributed by atoms with Crippen LogP contribution in [0.15, 0.2) is 18.2 Å². The van der Waals surface area contributed by atoms with Crippen LogP contribution in [0.5, 0.6) is 0 Å². The van der Waals surface area contributed by atoms with Crippen molar-refractivity contribution in [1.29, 1.82) is 0 Å². The molecule has 0 aliphatic rings.